The Hall–Kier alpha value is -2.27. The van der Waals surface area contributed by atoms with Gasteiger partial charge in [0, 0.05) is 38.8 Å². The van der Waals surface area contributed by atoms with E-state index < -0.39 is 0 Å². The summed E-state index contributed by atoms with van der Waals surface area (Å²) in [7, 11) is 0. The number of aryl methyl sites for hydroxylation is 3. The van der Waals surface area contributed by atoms with Crippen molar-refractivity contribution in [3.8, 4) is 11.1 Å². The van der Waals surface area contributed by atoms with E-state index in [0.29, 0.717) is 5.13 Å². The van der Waals surface area contributed by atoms with Gasteiger partial charge in [-0.25, -0.2) is 4.57 Å². The fourth-order valence-electron chi connectivity index (χ4n) is 2.83. The molecular weight excluding hydrogens is 304 g/mol. The highest BCUT2D eigenvalue weighted by Crippen LogP contribution is 2.20. The molecule has 0 aliphatic heterocycles. The number of pyridine rings is 1. The molecule has 0 saturated carbocycles. The first-order valence-corrected chi connectivity index (χ1v) is 8.59. The van der Waals surface area contributed by atoms with E-state index in [2.05, 4.69) is 65.0 Å². The molecule has 4 nitrogen and oxygen atoms in total. The van der Waals surface area contributed by atoms with Crippen molar-refractivity contribution >= 4 is 16.5 Å². The highest BCUT2D eigenvalue weighted by Gasteiger charge is 2.14. The molecule has 0 amide bonds. The smallest absolute Gasteiger partial charge is 0.203 e. The third-order valence-electron chi connectivity index (χ3n) is 3.94. The van der Waals surface area contributed by atoms with Gasteiger partial charge in [0.2, 0.25) is 5.13 Å². The van der Waals surface area contributed by atoms with Gasteiger partial charge in [0.25, 0.3) is 0 Å². The van der Waals surface area contributed by atoms with Crippen LogP contribution in [0.3, 0.4) is 0 Å². The highest BCUT2D eigenvalue weighted by atomic mass is 32.1. The predicted molar refractivity (Wildman–Crippen MR) is 94.2 cm³/mol. The fraction of sp³-hybridized carbons (Fsp3) is 0.278. The molecule has 0 radical (unpaired) electrons. The van der Waals surface area contributed by atoms with Gasteiger partial charge in [-0.1, -0.05) is 41.7 Å². The first-order chi connectivity index (χ1) is 11.1. The molecule has 2 aromatic heterocycles. The van der Waals surface area contributed by atoms with Gasteiger partial charge in [0.05, 0.1) is 0 Å². The Labute approximate surface area is 140 Å². The standard InChI is InChI=1S/C18H21N4S/c1-13-11-16(15-7-4-3-5-8-15)12-14(2)22(13)10-6-9-17-20-21-18(19)23-17/h3-5,7-8,11-12H,6,9-10H2,1-2H3,(H2,19,21)/q+1. The lowest BCUT2D eigenvalue weighted by molar-refractivity contribution is -0.708. The maximum Gasteiger partial charge on any atom is 0.203 e. The van der Waals surface area contributed by atoms with Gasteiger partial charge in [0.15, 0.2) is 11.4 Å². The van der Waals surface area contributed by atoms with Crippen LogP contribution in [0.25, 0.3) is 11.1 Å². The number of hydrogen-bond donors (Lipinski definition) is 1. The molecule has 0 unspecified atom stereocenters. The molecule has 2 N–H and O–H groups in total. The third kappa shape index (κ3) is 3.74. The Kier molecular flexibility index (Phi) is 4.67. The zero-order valence-electron chi connectivity index (χ0n) is 13.5. The molecule has 0 bridgehead atoms. The number of anilines is 1. The molecule has 0 saturated heterocycles. The van der Waals surface area contributed by atoms with Crippen molar-refractivity contribution in [1.82, 2.24) is 10.2 Å². The molecule has 3 aromatic rings. The largest absolute Gasteiger partial charge is 0.374 e. The fourth-order valence-corrected chi connectivity index (χ4v) is 3.48. The molecular formula is C18H21N4S+. The Morgan fingerprint density at radius 3 is 2.30 bits per heavy atom. The Bertz CT molecular complexity index is 773. The number of nitrogens with zero attached hydrogens (tertiary/aromatic N) is 3. The van der Waals surface area contributed by atoms with Crippen LogP contribution in [0.4, 0.5) is 5.13 Å². The molecule has 2 heterocycles. The van der Waals surface area contributed by atoms with Crippen LogP contribution >= 0.6 is 11.3 Å². The Balaban J connectivity index is 1.73. The number of nitrogen functional groups attached to an aromatic ring is 1. The lowest BCUT2D eigenvalue weighted by Crippen LogP contribution is -2.40. The first kappa shape index (κ1) is 15.6. The first-order valence-electron chi connectivity index (χ1n) is 7.78. The van der Waals surface area contributed by atoms with E-state index in [1.165, 1.54) is 33.9 Å². The van der Waals surface area contributed by atoms with Crippen LogP contribution in [0.5, 0.6) is 0 Å². The second-order valence-corrected chi connectivity index (χ2v) is 6.78. The van der Waals surface area contributed by atoms with E-state index in [4.69, 9.17) is 5.73 Å². The van der Waals surface area contributed by atoms with Crippen molar-refractivity contribution in [3.63, 3.8) is 0 Å². The zero-order chi connectivity index (χ0) is 16.2. The summed E-state index contributed by atoms with van der Waals surface area (Å²) in [5.41, 5.74) is 10.7. The molecule has 0 fully saturated rings. The molecule has 1 aromatic carbocycles. The Morgan fingerprint density at radius 2 is 1.70 bits per heavy atom. The summed E-state index contributed by atoms with van der Waals surface area (Å²) in [4.78, 5) is 0. The van der Waals surface area contributed by atoms with Crippen LogP contribution in [0.1, 0.15) is 22.8 Å². The monoisotopic (exact) mass is 325 g/mol. The van der Waals surface area contributed by atoms with E-state index >= 15 is 0 Å². The molecule has 118 valence electrons. The molecule has 5 heteroatoms. The summed E-state index contributed by atoms with van der Waals surface area (Å²) >= 11 is 1.48. The lowest BCUT2D eigenvalue weighted by atomic mass is 10.0. The van der Waals surface area contributed by atoms with Gasteiger partial charge in [0.1, 0.15) is 11.6 Å². The van der Waals surface area contributed by atoms with Crippen LogP contribution in [-0.4, -0.2) is 10.2 Å². The van der Waals surface area contributed by atoms with Crippen molar-refractivity contribution in [2.45, 2.75) is 33.2 Å². The van der Waals surface area contributed by atoms with Crippen LogP contribution in [0, 0.1) is 13.8 Å². The zero-order valence-corrected chi connectivity index (χ0v) is 14.3. The van der Waals surface area contributed by atoms with Crippen molar-refractivity contribution in [2.75, 3.05) is 5.73 Å². The number of hydrogen-bond acceptors (Lipinski definition) is 4. The van der Waals surface area contributed by atoms with Gasteiger partial charge < -0.3 is 5.73 Å². The second kappa shape index (κ2) is 6.87. The lowest BCUT2D eigenvalue weighted by Gasteiger charge is -2.07. The summed E-state index contributed by atoms with van der Waals surface area (Å²) in [6.07, 6.45) is 1.95. The number of benzene rings is 1. The number of nitrogens with two attached hydrogens (primary N) is 1. The minimum Gasteiger partial charge on any atom is -0.374 e. The minimum atomic E-state index is 0.548. The highest BCUT2D eigenvalue weighted by molar-refractivity contribution is 7.15. The summed E-state index contributed by atoms with van der Waals surface area (Å²) in [6, 6.07) is 15.0. The predicted octanol–water partition coefficient (Wildman–Crippen LogP) is 3.32. The van der Waals surface area contributed by atoms with Crippen molar-refractivity contribution in [2.24, 2.45) is 0 Å². The minimum absolute atomic E-state index is 0.548. The average molecular weight is 325 g/mol. The quantitative estimate of drug-likeness (QED) is 0.732. The third-order valence-corrected chi connectivity index (χ3v) is 4.75. The van der Waals surface area contributed by atoms with E-state index in [1.54, 1.807) is 0 Å². The van der Waals surface area contributed by atoms with E-state index in [9.17, 15) is 0 Å². The summed E-state index contributed by atoms with van der Waals surface area (Å²) in [5, 5.41) is 9.50. The van der Waals surface area contributed by atoms with Crippen molar-refractivity contribution in [1.29, 1.82) is 0 Å². The SMILES string of the molecule is Cc1cc(-c2ccccc2)cc(C)[n+]1CCCc1nnc(N)s1. The van der Waals surface area contributed by atoms with Crippen molar-refractivity contribution in [3.05, 3.63) is 58.9 Å². The summed E-state index contributed by atoms with van der Waals surface area (Å²) in [5.74, 6) is 0. The van der Waals surface area contributed by atoms with Gasteiger partial charge in [-0.15, -0.1) is 10.2 Å². The van der Waals surface area contributed by atoms with Gasteiger partial charge in [-0.05, 0) is 11.1 Å². The van der Waals surface area contributed by atoms with Gasteiger partial charge in [-0.2, -0.15) is 0 Å². The molecule has 23 heavy (non-hydrogen) atoms. The number of rotatable bonds is 5. The van der Waals surface area contributed by atoms with E-state index in [1.807, 2.05) is 6.07 Å². The van der Waals surface area contributed by atoms with E-state index in [0.717, 1.165) is 24.4 Å². The van der Waals surface area contributed by atoms with Crippen LogP contribution in [-0.2, 0) is 13.0 Å². The van der Waals surface area contributed by atoms with Crippen LogP contribution in [0.15, 0.2) is 42.5 Å². The van der Waals surface area contributed by atoms with Gasteiger partial charge in [-0.3, -0.25) is 0 Å². The molecule has 0 aliphatic rings. The number of aromatic nitrogens is 3. The topological polar surface area (TPSA) is 55.7 Å². The molecule has 0 atom stereocenters. The van der Waals surface area contributed by atoms with Crippen molar-refractivity contribution < 1.29 is 4.57 Å². The molecule has 3 rings (SSSR count). The molecule has 0 aliphatic carbocycles. The van der Waals surface area contributed by atoms with E-state index in [-0.39, 0.29) is 0 Å². The second-order valence-electron chi connectivity index (χ2n) is 5.68. The maximum absolute atomic E-state index is 5.62. The van der Waals surface area contributed by atoms with Crippen LogP contribution < -0.4 is 10.3 Å². The maximum atomic E-state index is 5.62. The van der Waals surface area contributed by atoms with Crippen LogP contribution in [0.2, 0.25) is 0 Å². The molecule has 0 spiro atoms. The average Bonchev–Trinajstić information content (AvgIpc) is 2.96. The summed E-state index contributed by atoms with van der Waals surface area (Å²) < 4.78 is 2.36. The summed E-state index contributed by atoms with van der Waals surface area (Å²) in [6.45, 7) is 5.32. The normalized spacial score (nSPS) is 10.9. The van der Waals surface area contributed by atoms with Gasteiger partial charge >= 0.3 is 0 Å². The Morgan fingerprint density at radius 1 is 1.00 bits per heavy atom.